The first-order valence-electron chi connectivity index (χ1n) is 11.8. The minimum atomic E-state index is -3.75. The maximum absolute atomic E-state index is 13.5. The monoisotopic (exact) mass is 503 g/mol. The molecule has 0 aliphatic carbocycles. The van der Waals surface area contributed by atoms with E-state index in [1.165, 1.54) is 4.90 Å². The molecule has 1 unspecified atom stereocenters. The lowest BCUT2D eigenvalue weighted by Gasteiger charge is -2.31. The number of nitrogens with zero attached hydrogens (tertiary/aromatic N) is 2. The average molecular weight is 504 g/mol. The summed E-state index contributed by atoms with van der Waals surface area (Å²) < 4.78 is 31.6. The van der Waals surface area contributed by atoms with E-state index in [2.05, 4.69) is 19.2 Å². The van der Waals surface area contributed by atoms with Crippen LogP contribution in [0.25, 0.3) is 0 Å². The summed E-state index contributed by atoms with van der Waals surface area (Å²) in [5.74, 6) is 0.201. The molecular formula is C26H37N3O5S. The van der Waals surface area contributed by atoms with Crippen molar-refractivity contribution in [2.75, 3.05) is 30.8 Å². The van der Waals surface area contributed by atoms with Gasteiger partial charge in [0.1, 0.15) is 18.3 Å². The van der Waals surface area contributed by atoms with Crippen molar-refractivity contribution in [2.45, 2.75) is 52.6 Å². The van der Waals surface area contributed by atoms with Crippen LogP contribution in [0.1, 0.15) is 51.2 Å². The highest BCUT2D eigenvalue weighted by molar-refractivity contribution is 7.92. The van der Waals surface area contributed by atoms with E-state index in [4.69, 9.17) is 4.74 Å². The second-order valence-corrected chi connectivity index (χ2v) is 10.8. The lowest BCUT2D eigenvalue weighted by Crippen LogP contribution is -2.51. The molecule has 2 aromatic carbocycles. The van der Waals surface area contributed by atoms with Gasteiger partial charge in [-0.05, 0) is 54.7 Å². The SMILES string of the molecule is CCCNC(=O)C(C)N(Cc1ccc(OC)cc1)C(=O)CN(c1ccc(C(C)C)cc1)S(C)(=O)=O. The molecule has 0 saturated heterocycles. The Hall–Kier alpha value is -3.07. The molecule has 2 aromatic rings. The van der Waals surface area contributed by atoms with Gasteiger partial charge in [-0.3, -0.25) is 13.9 Å². The largest absolute Gasteiger partial charge is 0.497 e. The standard InChI is InChI=1S/C26H37N3O5S/c1-7-16-27-26(31)20(4)28(17-21-8-14-24(34-5)15-9-21)25(30)18-29(35(6,32)33)23-12-10-22(11-13-23)19(2)3/h8-15,19-20H,7,16-18H2,1-6H3,(H,27,31). The van der Waals surface area contributed by atoms with Crippen molar-refractivity contribution < 1.29 is 22.7 Å². The Balaban J connectivity index is 2.36. The molecule has 0 saturated carbocycles. The summed E-state index contributed by atoms with van der Waals surface area (Å²) in [4.78, 5) is 27.7. The van der Waals surface area contributed by atoms with Gasteiger partial charge in [0.25, 0.3) is 0 Å². The van der Waals surface area contributed by atoms with Crippen LogP contribution < -0.4 is 14.4 Å². The number of amides is 2. The summed E-state index contributed by atoms with van der Waals surface area (Å²) in [5, 5.41) is 2.82. The summed E-state index contributed by atoms with van der Waals surface area (Å²) in [6.07, 6.45) is 1.83. The zero-order valence-electron chi connectivity index (χ0n) is 21.4. The van der Waals surface area contributed by atoms with Gasteiger partial charge in [-0.25, -0.2) is 8.42 Å². The Morgan fingerprint density at radius 3 is 2.09 bits per heavy atom. The van der Waals surface area contributed by atoms with Gasteiger partial charge in [0, 0.05) is 13.1 Å². The van der Waals surface area contributed by atoms with Crippen molar-refractivity contribution in [3.63, 3.8) is 0 Å². The van der Waals surface area contributed by atoms with Crippen LogP contribution in [0.4, 0.5) is 5.69 Å². The molecule has 0 aliphatic rings. The van der Waals surface area contributed by atoms with E-state index in [-0.39, 0.29) is 12.5 Å². The fraction of sp³-hybridized carbons (Fsp3) is 0.462. The van der Waals surface area contributed by atoms with Crippen LogP contribution >= 0.6 is 0 Å². The molecule has 35 heavy (non-hydrogen) atoms. The Bertz CT molecular complexity index is 1080. The Kier molecular flexibility index (Phi) is 10.1. The highest BCUT2D eigenvalue weighted by atomic mass is 32.2. The molecule has 1 atom stereocenters. The van der Waals surface area contributed by atoms with Gasteiger partial charge in [-0.1, -0.05) is 45.0 Å². The number of rotatable bonds is 12. The first kappa shape index (κ1) is 28.2. The van der Waals surface area contributed by atoms with Crippen LogP contribution in [-0.2, 0) is 26.2 Å². The highest BCUT2D eigenvalue weighted by Gasteiger charge is 2.30. The number of carbonyl (C=O) groups is 2. The number of anilines is 1. The minimum Gasteiger partial charge on any atom is -0.497 e. The number of ether oxygens (including phenoxy) is 1. The number of carbonyl (C=O) groups excluding carboxylic acids is 2. The molecule has 0 heterocycles. The number of nitrogens with one attached hydrogen (secondary N) is 1. The van der Waals surface area contributed by atoms with E-state index in [1.807, 2.05) is 31.2 Å². The smallest absolute Gasteiger partial charge is 0.244 e. The first-order chi connectivity index (χ1) is 16.5. The third-order valence-corrected chi connectivity index (χ3v) is 6.90. The van der Waals surface area contributed by atoms with Gasteiger partial charge >= 0.3 is 0 Å². The predicted molar refractivity (Wildman–Crippen MR) is 139 cm³/mol. The van der Waals surface area contributed by atoms with Gasteiger partial charge in [0.05, 0.1) is 19.1 Å². The maximum Gasteiger partial charge on any atom is 0.244 e. The topological polar surface area (TPSA) is 96.0 Å². The van der Waals surface area contributed by atoms with E-state index in [9.17, 15) is 18.0 Å². The zero-order valence-corrected chi connectivity index (χ0v) is 22.3. The van der Waals surface area contributed by atoms with Crippen LogP contribution in [0, 0.1) is 0 Å². The first-order valence-corrected chi connectivity index (χ1v) is 13.6. The fourth-order valence-electron chi connectivity index (χ4n) is 3.55. The molecule has 0 radical (unpaired) electrons. The Morgan fingerprint density at radius 1 is 1.00 bits per heavy atom. The Morgan fingerprint density at radius 2 is 1.60 bits per heavy atom. The van der Waals surface area contributed by atoms with Crippen LogP contribution in [0.5, 0.6) is 5.75 Å². The zero-order chi connectivity index (χ0) is 26.2. The lowest BCUT2D eigenvalue weighted by molar-refractivity contribution is -0.139. The molecule has 0 aliphatic heterocycles. The quantitative estimate of drug-likeness (QED) is 0.478. The molecule has 2 amide bonds. The van der Waals surface area contributed by atoms with Gasteiger partial charge in [0.15, 0.2) is 0 Å². The second kappa shape index (κ2) is 12.6. The van der Waals surface area contributed by atoms with Gasteiger partial charge in [-0.15, -0.1) is 0 Å². The van der Waals surface area contributed by atoms with Crippen LogP contribution in [0.2, 0.25) is 0 Å². The van der Waals surface area contributed by atoms with Crippen molar-refractivity contribution in [3.05, 3.63) is 59.7 Å². The van der Waals surface area contributed by atoms with Crippen LogP contribution in [-0.4, -0.2) is 57.6 Å². The molecule has 192 valence electrons. The van der Waals surface area contributed by atoms with Crippen molar-refractivity contribution in [1.29, 1.82) is 0 Å². The summed E-state index contributed by atoms with van der Waals surface area (Å²) in [6.45, 7) is 7.92. The minimum absolute atomic E-state index is 0.146. The lowest BCUT2D eigenvalue weighted by atomic mass is 10.0. The Labute approximate surface area is 209 Å². The summed E-state index contributed by atoms with van der Waals surface area (Å²) in [7, 11) is -2.18. The molecule has 0 spiro atoms. The van der Waals surface area contributed by atoms with Crippen molar-refractivity contribution >= 4 is 27.5 Å². The van der Waals surface area contributed by atoms with Crippen molar-refractivity contribution in [2.24, 2.45) is 0 Å². The molecule has 8 nitrogen and oxygen atoms in total. The van der Waals surface area contributed by atoms with Gasteiger partial charge < -0.3 is 15.0 Å². The van der Waals surface area contributed by atoms with E-state index in [0.29, 0.717) is 23.9 Å². The molecule has 1 N–H and O–H groups in total. The normalized spacial score (nSPS) is 12.2. The number of hydrogen-bond donors (Lipinski definition) is 1. The number of sulfonamides is 1. The summed E-state index contributed by atoms with van der Waals surface area (Å²) >= 11 is 0. The van der Waals surface area contributed by atoms with Crippen molar-refractivity contribution in [3.8, 4) is 5.75 Å². The molecule has 0 aromatic heterocycles. The third kappa shape index (κ3) is 7.99. The highest BCUT2D eigenvalue weighted by Crippen LogP contribution is 2.23. The average Bonchev–Trinajstić information content (AvgIpc) is 2.83. The van der Waals surface area contributed by atoms with E-state index in [0.717, 1.165) is 28.1 Å². The van der Waals surface area contributed by atoms with E-state index in [1.54, 1.807) is 38.3 Å². The van der Waals surface area contributed by atoms with Gasteiger partial charge in [-0.2, -0.15) is 0 Å². The molecule has 0 fully saturated rings. The van der Waals surface area contributed by atoms with Crippen molar-refractivity contribution in [1.82, 2.24) is 10.2 Å². The summed E-state index contributed by atoms with van der Waals surface area (Å²) in [6, 6.07) is 13.5. The molecule has 9 heteroatoms. The number of hydrogen-bond acceptors (Lipinski definition) is 5. The maximum atomic E-state index is 13.5. The predicted octanol–water partition coefficient (Wildman–Crippen LogP) is 3.53. The van der Waals surface area contributed by atoms with Gasteiger partial charge in [0.2, 0.25) is 21.8 Å². The number of benzene rings is 2. The third-order valence-electron chi connectivity index (χ3n) is 5.76. The molecule has 2 rings (SSSR count). The second-order valence-electron chi connectivity index (χ2n) is 8.85. The van der Waals surface area contributed by atoms with Crippen LogP contribution in [0.15, 0.2) is 48.5 Å². The molecular weight excluding hydrogens is 466 g/mol. The fourth-order valence-corrected chi connectivity index (χ4v) is 4.39. The van der Waals surface area contributed by atoms with E-state index >= 15 is 0 Å². The van der Waals surface area contributed by atoms with Crippen LogP contribution in [0.3, 0.4) is 0 Å². The summed E-state index contributed by atoms with van der Waals surface area (Å²) in [5.41, 5.74) is 2.26. The van der Waals surface area contributed by atoms with E-state index < -0.39 is 28.5 Å². The molecule has 0 bridgehead atoms. The number of methoxy groups -OCH3 is 1.